The first kappa shape index (κ1) is 15.6. The molecule has 0 aliphatic heterocycles. The Labute approximate surface area is 114 Å². The number of non-ortho nitro benzene ring substituents is 1. The van der Waals surface area contributed by atoms with Gasteiger partial charge in [-0.3, -0.25) is 10.1 Å². The van der Waals surface area contributed by atoms with Crippen LogP contribution < -0.4 is 0 Å². The topological polar surface area (TPSA) is 66.6 Å². The van der Waals surface area contributed by atoms with E-state index in [0.717, 1.165) is 0 Å². The maximum atomic E-state index is 10.9. The molecule has 0 unspecified atom stereocenters. The highest BCUT2D eigenvalue weighted by molar-refractivity contribution is 5.37. The number of nitrogens with zero attached hydrogens (tertiary/aromatic N) is 2. The van der Waals surface area contributed by atoms with Gasteiger partial charge in [-0.05, 0) is 26.1 Å². The molecule has 5 heteroatoms. The fraction of sp³-hybridized carbons (Fsp3) is 0.571. The van der Waals surface area contributed by atoms with Crippen LogP contribution in [0.1, 0.15) is 25.8 Å². The van der Waals surface area contributed by atoms with Gasteiger partial charge < -0.3 is 10.0 Å². The monoisotopic (exact) mass is 266 g/mol. The highest BCUT2D eigenvalue weighted by atomic mass is 16.6. The molecule has 0 aliphatic rings. The van der Waals surface area contributed by atoms with Crippen LogP contribution in [0.25, 0.3) is 0 Å². The van der Waals surface area contributed by atoms with Crippen LogP contribution in [0.15, 0.2) is 24.3 Å². The molecule has 1 N–H and O–H groups in total. The third-order valence-corrected chi connectivity index (χ3v) is 3.55. The molecule has 1 rings (SSSR count). The van der Waals surface area contributed by atoms with Gasteiger partial charge >= 0.3 is 0 Å². The summed E-state index contributed by atoms with van der Waals surface area (Å²) in [6, 6.07) is 6.28. The van der Waals surface area contributed by atoms with Gasteiger partial charge in [-0.15, -0.1) is 0 Å². The zero-order chi connectivity index (χ0) is 14.6. The first-order valence-corrected chi connectivity index (χ1v) is 6.43. The van der Waals surface area contributed by atoms with Gasteiger partial charge in [0.2, 0.25) is 0 Å². The zero-order valence-electron chi connectivity index (χ0n) is 12.0. The summed E-state index contributed by atoms with van der Waals surface area (Å²) in [6.07, 6.45) is 0.517. The smallest absolute Gasteiger partial charge is 0.269 e. The van der Waals surface area contributed by atoms with Gasteiger partial charge in [-0.25, -0.2) is 0 Å². The average molecular weight is 266 g/mol. The molecule has 0 aliphatic carbocycles. The molecule has 0 saturated carbocycles. The highest BCUT2D eigenvalue weighted by Gasteiger charge is 2.34. The molecule has 0 fully saturated rings. The largest absolute Gasteiger partial charge is 0.385 e. The lowest BCUT2D eigenvalue weighted by molar-refractivity contribution is -0.385. The molecule has 0 spiro atoms. The predicted octanol–water partition coefficient (Wildman–Crippen LogP) is 2.39. The van der Waals surface area contributed by atoms with Crippen LogP contribution in [0.5, 0.6) is 0 Å². The lowest BCUT2D eigenvalue weighted by Gasteiger charge is -2.35. The molecular formula is C14H22N2O3. The summed E-state index contributed by atoms with van der Waals surface area (Å²) >= 11 is 0. The van der Waals surface area contributed by atoms with E-state index in [2.05, 4.69) is 0 Å². The van der Waals surface area contributed by atoms with E-state index in [-0.39, 0.29) is 11.6 Å². The third-order valence-electron chi connectivity index (χ3n) is 3.55. The van der Waals surface area contributed by atoms with Crippen molar-refractivity contribution in [3.63, 3.8) is 0 Å². The minimum Gasteiger partial charge on any atom is -0.385 e. The molecule has 0 radical (unpaired) electrons. The van der Waals surface area contributed by atoms with E-state index in [1.54, 1.807) is 12.1 Å². The average Bonchev–Trinajstić information content (AvgIpc) is 2.37. The number of nitro groups is 1. The van der Waals surface area contributed by atoms with E-state index in [1.165, 1.54) is 12.1 Å². The number of hydrogen-bond acceptors (Lipinski definition) is 4. The van der Waals surface area contributed by atoms with E-state index in [4.69, 9.17) is 0 Å². The summed E-state index contributed by atoms with van der Waals surface area (Å²) in [5.41, 5.74) is -0.420. The number of rotatable bonds is 6. The molecule has 1 aromatic rings. The van der Waals surface area contributed by atoms with Crippen molar-refractivity contribution in [1.29, 1.82) is 0 Å². The minimum atomic E-state index is -1.05. The van der Waals surface area contributed by atoms with E-state index < -0.39 is 10.5 Å². The molecule has 19 heavy (non-hydrogen) atoms. The van der Waals surface area contributed by atoms with E-state index >= 15 is 0 Å². The van der Waals surface area contributed by atoms with Crippen LogP contribution in [-0.2, 0) is 5.60 Å². The van der Waals surface area contributed by atoms with Crippen molar-refractivity contribution in [3.05, 3.63) is 39.9 Å². The quantitative estimate of drug-likeness (QED) is 0.634. The SMILES string of the molecule is CC[C@](O)(c1cccc([N+](=O)[O-])c1)[C@H](C)CN(C)C. The second-order valence-electron chi connectivity index (χ2n) is 5.25. The summed E-state index contributed by atoms with van der Waals surface area (Å²) < 4.78 is 0. The molecule has 106 valence electrons. The van der Waals surface area contributed by atoms with Crippen LogP contribution in [0.4, 0.5) is 5.69 Å². The van der Waals surface area contributed by atoms with Crippen molar-refractivity contribution >= 4 is 5.69 Å². The lowest BCUT2D eigenvalue weighted by Crippen LogP contribution is -2.38. The first-order valence-electron chi connectivity index (χ1n) is 6.43. The molecule has 2 atom stereocenters. The maximum Gasteiger partial charge on any atom is 0.269 e. The van der Waals surface area contributed by atoms with Gasteiger partial charge in [-0.2, -0.15) is 0 Å². The summed E-state index contributed by atoms with van der Waals surface area (Å²) in [6.45, 7) is 4.57. The molecule has 0 saturated heterocycles. The fourth-order valence-electron chi connectivity index (χ4n) is 2.42. The third kappa shape index (κ3) is 3.52. The van der Waals surface area contributed by atoms with Gasteiger partial charge in [0.05, 0.1) is 10.5 Å². The molecule has 0 aromatic heterocycles. The van der Waals surface area contributed by atoms with Crippen molar-refractivity contribution in [2.75, 3.05) is 20.6 Å². The van der Waals surface area contributed by atoms with Crippen molar-refractivity contribution < 1.29 is 10.0 Å². The minimum absolute atomic E-state index is 0.0152. The van der Waals surface area contributed by atoms with Crippen molar-refractivity contribution in [2.24, 2.45) is 5.92 Å². The standard InChI is InChI=1S/C14H22N2O3/c1-5-14(17,11(2)10-15(3)4)12-7-6-8-13(9-12)16(18)19/h6-9,11,17H,5,10H2,1-4H3/t11-,14-/m1/s1. The van der Waals surface area contributed by atoms with E-state index in [1.807, 2.05) is 32.8 Å². The Morgan fingerprint density at radius 3 is 2.58 bits per heavy atom. The molecular weight excluding hydrogens is 244 g/mol. The molecule has 5 nitrogen and oxygen atoms in total. The van der Waals surface area contributed by atoms with Crippen LogP contribution in [0, 0.1) is 16.0 Å². The Hall–Kier alpha value is -1.46. The number of benzene rings is 1. The van der Waals surface area contributed by atoms with Crippen LogP contribution in [-0.4, -0.2) is 35.6 Å². The first-order chi connectivity index (χ1) is 8.81. The second kappa shape index (κ2) is 6.12. The van der Waals surface area contributed by atoms with Crippen LogP contribution in [0.2, 0.25) is 0 Å². The Kier molecular flexibility index (Phi) is 5.03. The van der Waals surface area contributed by atoms with E-state index in [0.29, 0.717) is 18.5 Å². The Balaban J connectivity index is 3.13. The van der Waals surface area contributed by atoms with Crippen molar-refractivity contribution in [3.8, 4) is 0 Å². The Morgan fingerprint density at radius 2 is 2.11 bits per heavy atom. The fourth-order valence-corrected chi connectivity index (χ4v) is 2.42. The Morgan fingerprint density at radius 1 is 1.47 bits per heavy atom. The summed E-state index contributed by atoms with van der Waals surface area (Å²) in [4.78, 5) is 12.4. The maximum absolute atomic E-state index is 10.9. The molecule has 0 bridgehead atoms. The van der Waals surface area contributed by atoms with Gasteiger partial charge in [-0.1, -0.05) is 26.0 Å². The zero-order valence-corrected chi connectivity index (χ0v) is 12.0. The lowest BCUT2D eigenvalue weighted by atomic mass is 9.80. The van der Waals surface area contributed by atoms with Crippen molar-refractivity contribution in [2.45, 2.75) is 25.9 Å². The predicted molar refractivity (Wildman–Crippen MR) is 75.0 cm³/mol. The van der Waals surface area contributed by atoms with E-state index in [9.17, 15) is 15.2 Å². The van der Waals surface area contributed by atoms with Gasteiger partial charge in [0.25, 0.3) is 5.69 Å². The number of aliphatic hydroxyl groups is 1. The van der Waals surface area contributed by atoms with Gasteiger partial charge in [0.15, 0.2) is 0 Å². The van der Waals surface area contributed by atoms with Crippen molar-refractivity contribution in [1.82, 2.24) is 4.90 Å². The molecule has 1 aromatic carbocycles. The summed E-state index contributed by atoms with van der Waals surface area (Å²) in [5.74, 6) is -0.0190. The van der Waals surface area contributed by atoms with Crippen LogP contribution >= 0.6 is 0 Å². The summed E-state index contributed by atoms with van der Waals surface area (Å²) in [7, 11) is 3.89. The number of nitro benzene ring substituents is 1. The Bertz CT molecular complexity index is 448. The highest BCUT2D eigenvalue weighted by Crippen LogP contribution is 2.34. The molecule has 0 heterocycles. The second-order valence-corrected chi connectivity index (χ2v) is 5.25. The van der Waals surface area contributed by atoms with Gasteiger partial charge in [0, 0.05) is 24.6 Å². The van der Waals surface area contributed by atoms with Crippen LogP contribution in [0.3, 0.4) is 0 Å². The number of hydrogen-bond donors (Lipinski definition) is 1. The molecule has 0 amide bonds. The summed E-state index contributed by atoms with van der Waals surface area (Å²) in [5, 5.41) is 21.7. The normalized spacial score (nSPS) is 16.1. The van der Waals surface area contributed by atoms with Gasteiger partial charge in [0.1, 0.15) is 0 Å².